The third kappa shape index (κ3) is 4.52. The number of rotatable bonds is 3. The van der Waals surface area contributed by atoms with E-state index in [0.29, 0.717) is 18.4 Å². The second-order valence-corrected chi connectivity index (χ2v) is 8.40. The Balaban J connectivity index is 0.00000128. The lowest BCUT2D eigenvalue weighted by atomic mass is 9.84. The lowest BCUT2D eigenvalue weighted by Crippen LogP contribution is -2.48. The van der Waals surface area contributed by atoms with Crippen molar-refractivity contribution in [2.75, 3.05) is 44.2 Å². The molecule has 5 rings (SSSR count). The smallest absolute Gasteiger partial charge is 0.255 e. The van der Waals surface area contributed by atoms with Gasteiger partial charge in [-0.15, -0.1) is 24.8 Å². The van der Waals surface area contributed by atoms with Crippen LogP contribution in [0.25, 0.3) is 0 Å². The molecule has 1 aromatic heterocycles. The summed E-state index contributed by atoms with van der Waals surface area (Å²) in [5, 5.41) is 3.50. The summed E-state index contributed by atoms with van der Waals surface area (Å²) in [5.74, 6) is 0.863. The highest BCUT2D eigenvalue weighted by atomic mass is 35.5. The first-order chi connectivity index (χ1) is 13.7. The van der Waals surface area contributed by atoms with E-state index in [-0.39, 0.29) is 36.2 Å². The molecule has 0 spiro atoms. The van der Waals surface area contributed by atoms with Crippen molar-refractivity contribution in [3.05, 3.63) is 63.8 Å². The second-order valence-electron chi connectivity index (χ2n) is 8.40. The van der Waals surface area contributed by atoms with Crippen LogP contribution < -0.4 is 15.8 Å². The van der Waals surface area contributed by atoms with Crippen LogP contribution in [0.3, 0.4) is 0 Å². The molecule has 2 saturated heterocycles. The molecular formula is C22H29Cl2FN4O. The van der Waals surface area contributed by atoms with Gasteiger partial charge in [-0.2, -0.15) is 0 Å². The van der Waals surface area contributed by atoms with Gasteiger partial charge in [0, 0.05) is 68.7 Å². The molecule has 0 aliphatic carbocycles. The highest BCUT2D eigenvalue weighted by molar-refractivity contribution is 5.85. The van der Waals surface area contributed by atoms with Crippen LogP contribution in [0.5, 0.6) is 0 Å². The highest BCUT2D eigenvalue weighted by Gasteiger charge is 2.31. The predicted octanol–water partition coefficient (Wildman–Crippen LogP) is 2.86. The number of nitrogens with zero attached hydrogens (tertiary/aromatic N) is 3. The van der Waals surface area contributed by atoms with Gasteiger partial charge in [-0.1, -0.05) is 6.07 Å². The summed E-state index contributed by atoms with van der Waals surface area (Å²) in [6.07, 6.45) is 1.21. The number of pyridine rings is 1. The Labute approximate surface area is 189 Å². The molecule has 0 saturated carbocycles. The molecule has 1 aromatic carbocycles. The summed E-state index contributed by atoms with van der Waals surface area (Å²) in [6.45, 7) is 7.19. The average molecular weight is 455 g/mol. The van der Waals surface area contributed by atoms with E-state index in [9.17, 15) is 9.18 Å². The number of anilines is 1. The van der Waals surface area contributed by atoms with E-state index in [4.69, 9.17) is 0 Å². The van der Waals surface area contributed by atoms with Gasteiger partial charge in [-0.05, 0) is 49.2 Å². The molecule has 3 aliphatic heterocycles. The third-order valence-corrected chi connectivity index (χ3v) is 6.55. The molecule has 0 amide bonds. The minimum atomic E-state index is -0.199. The molecule has 164 valence electrons. The molecule has 5 nitrogen and oxygen atoms in total. The molecule has 0 unspecified atom stereocenters. The van der Waals surface area contributed by atoms with Crippen molar-refractivity contribution >= 4 is 30.5 Å². The number of halogens is 3. The first-order valence-corrected chi connectivity index (χ1v) is 10.3. The maximum Gasteiger partial charge on any atom is 0.255 e. The van der Waals surface area contributed by atoms with Gasteiger partial charge in [0.2, 0.25) is 0 Å². The van der Waals surface area contributed by atoms with Gasteiger partial charge in [0.05, 0.1) is 0 Å². The maximum atomic E-state index is 13.1. The number of fused-ring (bicyclic) bond motifs is 4. The molecule has 0 radical (unpaired) electrons. The monoisotopic (exact) mass is 454 g/mol. The molecule has 2 bridgehead atoms. The number of benzene rings is 1. The summed E-state index contributed by atoms with van der Waals surface area (Å²) in [5.41, 5.74) is 3.38. The Morgan fingerprint density at radius 2 is 1.70 bits per heavy atom. The summed E-state index contributed by atoms with van der Waals surface area (Å²) >= 11 is 0. The maximum absolute atomic E-state index is 13.1. The van der Waals surface area contributed by atoms with Crippen LogP contribution >= 0.6 is 24.8 Å². The van der Waals surface area contributed by atoms with Crippen LogP contribution in [-0.2, 0) is 13.1 Å². The fraction of sp³-hybridized carbons (Fsp3) is 0.500. The largest absolute Gasteiger partial charge is 0.369 e. The first kappa shape index (κ1) is 23.1. The van der Waals surface area contributed by atoms with Crippen LogP contribution in [-0.4, -0.2) is 48.7 Å². The summed E-state index contributed by atoms with van der Waals surface area (Å²) in [4.78, 5) is 17.7. The Morgan fingerprint density at radius 1 is 0.967 bits per heavy atom. The Bertz CT molecular complexity index is 912. The molecule has 3 aliphatic rings. The molecule has 4 heterocycles. The zero-order valence-electron chi connectivity index (χ0n) is 16.9. The second kappa shape index (κ2) is 9.69. The zero-order chi connectivity index (χ0) is 19.1. The van der Waals surface area contributed by atoms with E-state index in [1.54, 1.807) is 0 Å². The van der Waals surface area contributed by atoms with Crippen molar-refractivity contribution in [1.82, 2.24) is 14.8 Å². The lowest BCUT2D eigenvalue weighted by molar-refractivity contribution is 0.241. The van der Waals surface area contributed by atoms with Crippen molar-refractivity contribution in [1.29, 1.82) is 0 Å². The Kier molecular flexibility index (Phi) is 7.45. The standard InChI is InChI=1S/C22H27FN4O.2ClH/c23-19-2-4-20(5-3-19)26-9-7-25(8-10-26)15-17-1-6-21-18-11-16(12-24-13-18)14-27(21)22(17)28;;/h1-6,16,18,24H,7-15H2;2*1H/t16-,18+;;/m0../s1. The Hall–Kier alpha value is -1.60. The van der Waals surface area contributed by atoms with Crippen LogP contribution in [0.4, 0.5) is 10.1 Å². The van der Waals surface area contributed by atoms with Gasteiger partial charge in [-0.25, -0.2) is 4.39 Å². The van der Waals surface area contributed by atoms with Gasteiger partial charge < -0.3 is 14.8 Å². The van der Waals surface area contributed by atoms with Crippen molar-refractivity contribution < 1.29 is 4.39 Å². The summed E-state index contributed by atoms with van der Waals surface area (Å²) < 4.78 is 15.2. The molecule has 30 heavy (non-hydrogen) atoms. The van der Waals surface area contributed by atoms with Gasteiger partial charge in [0.15, 0.2) is 0 Å². The molecule has 2 aromatic rings. The highest BCUT2D eigenvalue weighted by Crippen LogP contribution is 2.31. The normalized spacial score (nSPS) is 23.2. The first-order valence-electron chi connectivity index (χ1n) is 10.3. The third-order valence-electron chi connectivity index (χ3n) is 6.55. The fourth-order valence-electron chi connectivity index (χ4n) is 5.01. The van der Waals surface area contributed by atoms with Crippen molar-refractivity contribution in [2.24, 2.45) is 5.92 Å². The molecule has 8 heteroatoms. The van der Waals surface area contributed by atoms with Crippen molar-refractivity contribution in [3.63, 3.8) is 0 Å². The van der Waals surface area contributed by atoms with Crippen molar-refractivity contribution in [2.45, 2.75) is 25.4 Å². The predicted molar refractivity (Wildman–Crippen MR) is 123 cm³/mol. The van der Waals surface area contributed by atoms with E-state index in [1.807, 2.05) is 16.7 Å². The van der Waals surface area contributed by atoms with Gasteiger partial charge in [-0.3, -0.25) is 9.69 Å². The van der Waals surface area contributed by atoms with Gasteiger partial charge in [0.1, 0.15) is 5.82 Å². The lowest BCUT2D eigenvalue weighted by Gasteiger charge is -2.38. The van der Waals surface area contributed by atoms with E-state index in [1.165, 1.54) is 24.2 Å². The quantitative estimate of drug-likeness (QED) is 0.773. The number of hydrogen-bond acceptors (Lipinski definition) is 4. The average Bonchev–Trinajstić information content (AvgIpc) is 2.72. The van der Waals surface area contributed by atoms with Crippen molar-refractivity contribution in [3.8, 4) is 0 Å². The van der Waals surface area contributed by atoms with E-state index in [2.05, 4.69) is 27.2 Å². The topological polar surface area (TPSA) is 40.5 Å². The number of piperazine rings is 1. The summed E-state index contributed by atoms with van der Waals surface area (Å²) in [6, 6.07) is 10.9. The minimum Gasteiger partial charge on any atom is -0.369 e. The van der Waals surface area contributed by atoms with Crippen LogP contribution in [0.15, 0.2) is 41.2 Å². The fourth-order valence-corrected chi connectivity index (χ4v) is 5.01. The number of piperidine rings is 1. The SMILES string of the molecule is Cl.Cl.O=c1c(CN2CCN(c3ccc(F)cc3)CC2)ccc2n1C[C@@H]1CNC[C@H]2C1. The van der Waals surface area contributed by atoms with Gasteiger partial charge in [0.25, 0.3) is 5.56 Å². The number of nitrogens with one attached hydrogen (secondary N) is 1. The molecular weight excluding hydrogens is 426 g/mol. The van der Waals surface area contributed by atoms with Crippen LogP contribution in [0, 0.1) is 11.7 Å². The molecule has 2 atom stereocenters. The minimum absolute atomic E-state index is 0. The van der Waals surface area contributed by atoms with E-state index >= 15 is 0 Å². The van der Waals surface area contributed by atoms with E-state index in [0.717, 1.165) is 57.1 Å². The van der Waals surface area contributed by atoms with Crippen LogP contribution in [0.2, 0.25) is 0 Å². The van der Waals surface area contributed by atoms with Gasteiger partial charge >= 0.3 is 0 Å². The Morgan fingerprint density at radius 3 is 2.43 bits per heavy atom. The van der Waals surface area contributed by atoms with E-state index < -0.39 is 0 Å². The zero-order valence-corrected chi connectivity index (χ0v) is 18.6. The summed E-state index contributed by atoms with van der Waals surface area (Å²) in [7, 11) is 0. The molecule has 2 fully saturated rings. The number of aromatic nitrogens is 1. The molecule has 1 N–H and O–H groups in total. The van der Waals surface area contributed by atoms with Crippen LogP contribution in [0.1, 0.15) is 23.6 Å². The number of hydrogen-bond donors (Lipinski definition) is 1.